The summed E-state index contributed by atoms with van der Waals surface area (Å²) in [6, 6.07) is 10.8. The van der Waals surface area contributed by atoms with Crippen LogP contribution in [0.25, 0.3) is 11.6 Å². The SMILES string of the molecule is CNC(C)Cc1noc(-c2csc(CCc3ccccc3)n2)n1.Cl. The molecule has 0 spiro atoms. The van der Waals surface area contributed by atoms with E-state index in [0.29, 0.717) is 17.8 Å². The molecule has 7 heteroatoms. The summed E-state index contributed by atoms with van der Waals surface area (Å²) in [7, 11) is 1.92. The lowest BCUT2D eigenvalue weighted by atomic mass is 10.1. The lowest BCUT2D eigenvalue weighted by Gasteiger charge is -2.04. The van der Waals surface area contributed by atoms with Crippen molar-refractivity contribution >= 4 is 23.7 Å². The van der Waals surface area contributed by atoms with E-state index in [0.717, 1.165) is 30.0 Å². The van der Waals surface area contributed by atoms with E-state index in [4.69, 9.17) is 4.52 Å². The normalized spacial score (nSPS) is 11.9. The predicted octanol–water partition coefficient (Wildman–Crippen LogP) is 3.55. The molecule has 0 radical (unpaired) electrons. The molecule has 24 heavy (non-hydrogen) atoms. The van der Waals surface area contributed by atoms with Crippen LogP contribution >= 0.6 is 23.7 Å². The van der Waals surface area contributed by atoms with Gasteiger partial charge in [-0.2, -0.15) is 4.98 Å². The molecule has 1 aromatic carbocycles. The summed E-state index contributed by atoms with van der Waals surface area (Å²) >= 11 is 1.64. The minimum Gasteiger partial charge on any atom is -0.332 e. The molecule has 0 aliphatic rings. The number of hydrogen-bond acceptors (Lipinski definition) is 6. The third-order valence-corrected chi connectivity index (χ3v) is 4.60. The number of thiazole rings is 1. The number of rotatable bonds is 7. The van der Waals surface area contributed by atoms with Crippen LogP contribution in [0.2, 0.25) is 0 Å². The molecule has 0 aliphatic carbocycles. The Hall–Kier alpha value is -1.76. The van der Waals surface area contributed by atoms with E-state index in [1.54, 1.807) is 11.3 Å². The first-order valence-corrected chi connectivity index (χ1v) is 8.61. The van der Waals surface area contributed by atoms with Gasteiger partial charge >= 0.3 is 0 Å². The van der Waals surface area contributed by atoms with Crippen molar-refractivity contribution in [3.8, 4) is 11.6 Å². The Labute approximate surface area is 151 Å². The fourth-order valence-electron chi connectivity index (χ4n) is 2.24. The monoisotopic (exact) mass is 364 g/mol. The van der Waals surface area contributed by atoms with E-state index in [-0.39, 0.29) is 12.4 Å². The lowest BCUT2D eigenvalue weighted by Crippen LogP contribution is -2.24. The Balaban J connectivity index is 0.00000208. The molecule has 0 amide bonds. The number of nitrogens with zero attached hydrogens (tertiary/aromatic N) is 3. The van der Waals surface area contributed by atoms with Gasteiger partial charge in [-0.1, -0.05) is 35.5 Å². The number of nitrogens with one attached hydrogen (secondary N) is 1. The first-order valence-electron chi connectivity index (χ1n) is 7.73. The third-order valence-electron chi connectivity index (χ3n) is 3.69. The molecule has 3 aromatic rings. The zero-order valence-electron chi connectivity index (χ0n) is 13.7. The minimum atomic E-state index is 0. The average molecular weight is 365 g/mol. The van der Waals surface area contributed by atoms with Gasteiger partial charge in [0.15, 0.2) is 5.82 Å². The second-order valence-corrected chi connectivity index (χ2v) is 6.46. The van der Waals surface area contributed by atoms with E-state index in [2.05, 4.69) is 51.6 Å². The first-order chi connectivity index (χ1) is 11.2. The molecular weight excluding hydrogens is 344 g/mol. The molecular formula is C17H21ClN4OS. The third kappa shape index (κ3) is 4.87. The van der Waals surface area contributed by atoms with Crippen molar-refractivity contribution in [3.63, 3.8) is 0 Å². The smallest absolute Gasteiger partial charge is 0.277 e. The quantitative estimate of drug-likeness (QED) is 0.694. The minimum absolute atomic E-state index is 0. The van der Waals surface area contributed by atoms with Gasteiger partial charge < -0.3 is 9.84 Å². The Morgan fingerprint density at radius 2 is 1.96 bits per heavy atom. The summed E-state index contributed by atoms with van der Waals surface area (Å²) < 4.78 is 5.33. The van der Waals surface area contributed by atoms with Crippen molar-refractivity contribution in [1.82, 2.24) is 20.4 Å². The van der Waals surface area contributed by atoms with Gasteiger partial charge in [0.25, 0.3) is 5.89 Å². The van der Waals surface area contributed by atoms with Gasteiger partial charge in [-0.25, -0.2) is 4.98 Å². The molecule has 1 N–H and O–H groups in total. The van der Waals surface area contributed by atoms with E-state index in [1.807, 2.05) is 18.5 Å². The van der Waals surface area contributed by atoms with Gasteiger partial charge in [-0.3, -0.25) is 0 Å². The number of halogens is 1. The van der Waals surface area contributed by atoms with Crippen molar-refractivity contribution in [2.75, 3.05) is 7.05 Å². The maximum absolute atomic E-state index is 5.33. The molecule has 0 saturated carbocycles. The zero-order chi connectivity index (χ0) is 16.1. The van der Waals surface area contributed by atoms with Crippen LogP contribution in [0.15, 0.2) is 40.2 Å². The first kappa shape index (κ1) is 18.6. The number of hydrogen-bond donors (Lipinski definition) is 1. The van der Waals surface area contributed by atoms with Crippen LogP contribution in [0.5, 0.6) is 0 Å². The second kappa shape index (κ2) is 8.92. The lowest BCUT2D eigenvalue weighted by molar-refractivity contribution is 0.417. The van der Waals surface area contributed by atoms with Gasteiger partial charge in [0.05, 0.1) is 5.01 Å². The highest BCUT2D eigenvalue weighted by Crippen LogP contribution is 2.21. The molecule has 0 saturated heterocycles. The van der Waals surface area contributed by atoms with Crippen molar-refractivity contribution < 1.29 is 4.52 Å². The Kier molecular flexibility index (Phi) is 6.90. The molecule has 1 atom stereocenters. The van der Waals surface area contributed by atoms with Crippen LogP contribution < -0.4 is 5.32 Å². The van der Waals surface area contributed by atoms with Gasteiger partial charge in [-0.15, -0.1) is 23.7 Å². The Morgan fingerprint density at radius 3 is 2.71 bits per heavy atom. The highest BCUT2D eigenvalue weighted by atomic mass is 35.5. The molecule has 0 fully saturated rings. The van der Waals surface area contributed by atoms with Crippen molar-refractivity contribution in [1.29, 1.82) is 0 Å². The fraction of sp³-hybridized carbons (Fsp3) is 0.353. The molecule has 0 bridgehead atoms. The van der Waals surface area contributed by atoms with Crippen LogP contribution in [0.1, 0.15) is 23.3 Å². The molecule has 2 heterocycles. The topological polar surface area (TPSA) is 63.8 Å². The predicted molar refractivity (Wildman–Crippen MR) is 98.7 cm³/mol. The molecule has 5 nitrogen and oxygen atoms in total. The van der Waals surface area contributed by atoms with E-state index in [9.17, 15) is 0 Å². The van der Waals surface area contributed by atoms with Gasteiger partial charge in [-0.05, 0) is 26.0 Å². The zero-order valence-corrected chi connectivity index (χ0v) is 15.4. The van der Waals surface area contributed by atoms with Crippen molar-refractivity contribution in [3.05, 3.63) is 52.1 Å². The van der Waals surface area contributed by atoms with Crippen LogP contribution in [-0.2, 0) is 19.3 Å². The summed E-state index contributed by atoms with van der Waals surface area (Å²) in [6.07, 6.45) is 2.65. The van der Waals surface area contributed by atoms with Crippen LogP contribution in [0.4, 0.5) is 0 Å². The number of benzene rings is 1. The van der Waals surface area contributed by atoms with E-state index in [1.165, 1.54) is 5.56 Å². The largest absolute Gasteiger partial charge is 0.332 e. The fourth-order valence-corrected chi connectivity index (χ4v) is 3.01. The highest BCUT2D eigenvalue weighted by Gasteiger charge is 2.14. The molecule has 1 unspecified atom stereocenters. The molecule has 3 rings (SSSR count). The summed E-state index contributed by atoms with van der Waals surface area (Å²) in [5, 5.41) is 10.3. The summed E-state index contributed by atoms with van der Waals surface area (Å²) in [5.74, 6) is 1.21. The highest BCUT2D eigenvalue weighted by molar-refractivity contribution is 7.09. The maximum atomic E-state index is 5.33. The van der Waals surface area contributed by atoms with Crippen LogP contribution in [0.3, 0.4) is 0 Å². The van der Waals surface area contributed by atoms with Crippen LogP contribution in [0, 0.1) is 0 Å². The van der Waals surface area contributed by atoms with E-state index < -0.39 is 0 Å². The van der Waals surface area contributed by atoms with Gasteiger partial charge in [0.1, 0.15) is 5.69 Å². The average Bonchev–Trinajstić information content (AvgIpc) is 3.23. The Bertz CT molecular complexity index is 744. The van der Waals surface area contributed by atoms with Crippen LogP contribution in [-0.4, -0.2) is 28.2 Å². The van der Waals surface area contributed by atoms with Gasteiger partial charge in [0.2, 0.25) is 0 Å². The van der Waals surface area contributed by atoms with Crippen molar-refractivity contribution in [2.45, 2.75) is 32.2 Å². The molecule has 0 aliphatic heterocycles. The number of likely N-dealkylation sites (N-methyl/N-ethyl adjacent to an activating group) is 1. The number of aromatic nitrogens is 3. The molecule has 2 aromatic heterocycles. The standard InChI is InChI=1S/C17H20N4OS.ClH/c1-12(18-2)10-15-20-17(22-21-15)14-11-23-16(19-14)9-8-13-6-4-3-5-7-13;/h3-7,11-12,18H,8-10H2,1-2H3;1H. The van der Waals surface area contributed by atoms with Crippen molar-refractivity contribution in [2.24, 2.45) is 0 Å². The summed E-state index contributed by atoms with van der Waals surface area (Å²) in [4.78, 5) is 9.04. The second-order valence-electron chi connectivity index (χ2n) is 5.52. The van der Waals surface area contributed by atoms with E-state index >= 15 is 0 Å². The van der Waals surface area contributed by atoms with Gasteiger partial charge in [0, 0.05) is 24.3 Å². The number of aryl methyl sites for hydroxylation is 2. The molecule has 128 valence electrons. The maximum Gasteiger partial charge on any atom is 0.277 e. The summed E-state index contributed by atoms with van der Waals surface area (Å²) in [6.45, 7) is 2.08. The Morgan fingerprint density at radius 1 is 1.17 bits per heavy atom. The summed E-state index contributed by atoms with van der Waals surface area (Å²) in [5.41, 5.74) is 2.10.